The number of nitrogens with one attached hydrogen (secondary N) is 1. The van der Waals surface area contributed by atoms with Crippen LogP contribution in [0.5, 0.6) is 0 Å². The lowest BCUT2D eigenvalue weighted by atomic mass is 10.0. The van der Waals surface area contributed by atoms with Crippen molar-refractivity contribution in [1.82, 2.24) is 9.97 Å². The summed E-state index contributed by atoms with van der Waals surface area (Å²) in [4.78, 5) is 11.2. The zero-order valence-electron chi connectivity index (χ0n) is 13.1. The van der Waals surface area contributed by atoms with Crippen molar-refractivity contribution < 1.29 is 9.47 Å². The van der Waals surface area contributed by atoms with Crippen molar-refractivity contribution in [2.45, 2.75) is 44.9 Å². The Labute approximate surface area is 125 Å². The molecule has 0 atom stereocenters. The van der Waals surface area contributed by atoms with E-state index in [9.17, 15) is 0 Å². The molecule has 2 fully saturated rings. The largest absolute Gasteiger partial charge is 0.365 e. The van der Waals surface area contributed by atoms with Gasteiger partial charge in [-0.2, -0.15) is 4.98 Å². The molecule has 0 radical (unpaired) electrons. The Hall–Kier alpha value is -1.40. The fraction of sp³-hybridized carbons (Fsp3) is 0.733. The molecule has 6 heteroatoms. The molecule has 116 valence electrons. The van der Waals surface area contributed by atoms with Gasteiger partial charge in [-0.25, -0.2) is 4.98 Å². The van der Waals surface area contributed by atoms with Gasteiger partial charge in [-0.1, -0.05) is 0 Å². The van der Waals surface area contributed by atoms with Gasteiger partial charge in [0.25, 0.3) is 0 Å². The molecule has 21 heavy (non-hydrogen) atoms. The third-order valence-corrected chi connectivity index (χ3v) is 3.77. The highest BCUT2D eigenvalue weighted by molar-refractivity contribution is 5.43. The molecule has 0 amide bonds. The molecule has 2 aliphatic heterocycles. The first-order valence-corrected chi connectivity index (χ1v) is 7.60. The number of rotatable bonds is 2. The quantitative estimate of drug-likeness (QED) is 0.900. The van der Waals surface area contributed by atoms with Gasteiger partial charge in [0.2, 0.25) is 5.95 Å². The third kappa shape index (κ3) is 3.44. The smallest absolute Gasteiger partial charge is 0.227 e. The summed E-state index contributed by atoms with van der Waals surface area (Å²) >= 11 is 0. The van der Waals surface area contributed by atoms with E-state index in [0.717, 1.165) is 37.7 Å². The Kier molecular flexibility index (Phi) is 3.75. The van der Waals surface area contributed by atoms with Crippen LogP contribution >= 0.6 is 0 Å². The van der Waals surface area contributed by atoms with Gasteiger partial charge >= 0.3 is 0 Å². The van der Waals surface area contributed by atoms with Gasteiger partial charge in [0.05, 0.1) is 13.2 Å². The molecule has 1 spiro atoms. The second-order valence-electron chi connectivity index (χ2n) is 6.71. The van der Waals surface area contributed by atoms with E-state index in [0.29, 0.717) is 13.2 Å². The van der Waals surface area contributed by atoms with Crippen LogP contribution in [-0.2, 0) is 9.47 Å². The second-order valence-corrected chi connectivity index (χ2v) is 6.71. The molecule has 2 aliphatic rings. The molecule has 0 aromatic carbocycles. The molecule has 1 aromatic heterocycles. The number of hydrogen-bond donors (Lipinski definition) is 1. The number of anilines is 2. The van der Waals surface area contributed by atoms with E-state index in [1.54, 1.807) is 0 Å². The topological polar surface area (TPSA) is 59.5 Å². The predicted molar refractivity (Wildman–Crippen MR) is 81.5 cm³/mol. The first-order chi connectivity index (χ1) is 9.96. The molecular weight excluding hydrogens is 268 g/mol. The molecule has 1 aromatic rings. The highest BCUT2D eigenvalue weighted by atomic mass is 16.7. The highest BCUT2D eigenvalue weighted by Crippen LogP contribution is 2.32. The van der Waals surface area contributed by atoms with Gasteiger partial charge in [-0.05, 0) is 26.8 Å². The normalized spacial score (nSPS) is 21.8. The number of nitrogens with zero attached hydrogens (tertiary/aromatic N) is 3. The average molecular weight is 292 g/mol. The Morgan fingerprint density at radius 3 is 2.48 bits per heavy atom. The minimum absolute atomic E-state index is 0.0108. The Morgan fingerprint density at radius 1 is 1.19 bits per heavy atom. The van der Waals surface area contributed by atoms with Crippen molar-refractivity contribution >= 4 is 11.8 Å². The molecule has 3 rings (SSSR count). The Morgan fingerprint density at radius 2 is 1.86 bits per heavy atom. The van der Waals surface area contributed by atoms with E-state index in [1.165, 1.54) is 0 Å². The summed E-state index contributed by atoms with van der Waals surface area (Å²) in [5.41, 5.74) is -0.0108. The molecule has 1 N–H and O–H groups in total. The summed E-state index contributed by atoms with van der Waals surface area (Å²) in [7, 11) is 0. The van der Waals surface area contributed by atoms with Crippen LogP contribution in [0.2, 0.25) is 0 Å². The van der Waals surface area contributed by atoms with Crippen LogP contribution in [-0.4, -0.2) is 47.6 Å². The average Bonchev–Trinajstić information content (AvgIpc) is 2.86. The zero-order valence-corrected chi connectivity index (χ0v) is 13.1. The van der Waals surface area contributed by atoms with Crippen molar-refractivity contribution in [2.75, 3.05) is 36.5 Å². The maximum absolute atomic E-state index is 5.75. The number of ether oxygens (including phenoxy) is 2. The predicted octanol–water partition coefficient (Wildman–Crippen LogP) is 2.03. The van der Waals surface area contributed by atoms with E-state index >= 15 is 0 Å². The minimum Gasteiger partial charge on any atom is -0.365 e. The lowest BCUT2D eigenvalue weighted by Gasteiger charge is -2.37. The Bertz CT molecular complexity index is 485. The Balaban J connectivity index is 1.66. The summed E-state index contributed by atoms with van der Waals surface area (Å²) in [6.07, 6.45) is 3.55. The van der Waals surface area contributed by atoms with Crippen LogP contribution in [0.25, 0.3) is 0 Å². The van der Waals surface area contributed by atoms with Gasteiger partial charge in [0.1, 0.15) is 5.82 Å². The minimum atomic E-state index is -0.349. The summed E-state index contributed by atoms with van der Waals surface area (Å²) in [5.74, 6) is 1.29. The summed E-state index contributed by atoms with van der Waals surface area (Å²) < 4.78 is 11.5. The van der Waals surface area contributed by atoms with E-state index < -0.39 is 0 Å². The van der Waals surface area contributed by atoms with Crippen molar-refractivity contribution in [3.63, 3.8) is 0 Å². The van der Waals surface area contributed by atoms with Crippen molar-refractivity contribution in [1.29, 1.82) is 0 Å². The molecular formula is C15H24N4O2. The molecule has 0 saturated carbocycles. The summed E-state index contributed by atoms with van der Waals surface area (Å²) in [6, 6.07) is 1.91. The standard InChI is InChI=1S/C15H24N4O2/c1-14(2,3)18-12-4-7-16-13(17-12)19-8-5-15(6-9-19)20-10-11-21-15/h4,7H,5-6,8-11H2,1-3H3,(H,16,17,18). The van der Waals surface area contributed by atoms with Crippen LogP contribution in [0.1, 0.15) is 33.6 Å². The maximum atomic E-state index is 5.75. The zero-order chi connectivity index (χ0) is 14.9. The van der Waals surface area contributed by atoms with E-state index in [4.69, 9.17) is 9.47 Å². The van der Waals surface area contributed by atoms with Gasteiger partial charge in [0.15, 0.2) is 5.79 Å². The first kappa shape index (κ1) is 14.5. The second kappa shape index (κ2) is 5.42. The number of piperidine rings is 1. The van der Waals surface area contributed by atoms with Crippen LogP contribution in [0, 0.1) is 0 Å². The lowest BCUT2D eigenvalue weighted by Crippen LogP contribution is -2.45. The molecule has 2 saturated heterocycles. The molecule has 3 heterocycles. The molecule has 0 bridgehead atoms. The van der Waals surface area contributed by atoms with Crippen molar-refractivity contribution in [3.8, 4) is 0 Å². The van der Waals surface area contributed by atoms with E-state index in [1.807, 2.05) is 12.3 Å². The van der Waals surface area contributed by atoms with Gasteiger partial charge < -0.3 is 19.7 Å². The van der Waals surface area contributed by atoms with Crippen molar-refractivity contribution in [2.24, 2.45) is 0 Å². The SMILES string of the molecule is CC(C)(C)Nc1ccnc(N2CCC3(CC2)OCCO3)n1. The summed E-state index contributed by atoms with van der Waals surface area (Å²) in [5, 5.41) is 3.38. The van der Waals surface area contributed by atoms with Gasteiger partial charge in [-0.3, -0.25) is 0 Å². The lowest BCUT2D eigenvalue weighted by molar-refractivity contribution is -0.169. The maximum Gasteiger partial charge on any atom is 0.227 e. The molecule has 6 nitrogen and oxygen atoms in total. The third-order valence-electron chi connectivity index (χ3n) is 3.77. The summed E-state index contributed by atoms with van der Waals surface area (Å²) in [6.45, 7) is 9.50. The monoisotopic (exact) mass is 292 g/mol. The number of aromatic nitrogens is 2. The molecule has 0 aliphatic carbocycles. The van der Waals surface area contributed by atoms with Crippen molar-refractivity contribution in [3.05, 3.63) is 12.3 Å². The van der Waals surface area contributed by atoms with Crippen LogP contribution in [0.3, 0.4) is 0 Å². The number of hydrogen-bond acceptors (Lipinski definition) is 6. The first-order valence-electron chi connectivity index (χ1n) is 7.60. The van der Waals surface area contributed by atoms with Crippen LogP contribution < -0.4 is 10.2 Å². The fourth-order valence-corrected chi connectivity index (χ4v) is 2.79. The van der Waals surface area contributed by atoms with E-state index in [-0.39, 0.29) is 11.3 Å². The van der Waals surface area contributed by atoms with Gasteiger partial charge in [0, 0.05) is 37.7 Å². The van der Waals surface area contributed by atoms with Crippen LogP contribution in [0.4, 0.5) is 11.8 Å². The van der Waals surface area contributed by atoms with Crippen LogP contribution in [0.15, 0.2) is 12.3 Å². The fourth-order valence-electron chi connectivity index (χ4n) is 2.79. The van der Waals surface area contributed by atoms with E-state index in [2.05, 4.69) is 41.0 Å². The highest BCUT2D eigenvalue weighted by Gasteiger charge is 2.40. The van der Waals surface area contributed by atoms with Gasteiger partial charge in [-0.15, -0.1) is 0 Å². The molecule has 0 unspecified atom stereocenters.